The number of amides is 1. The predicted molar refractivity (Wildman–Crippen MR) is 93.0 cm³/mol. The van der Waals surface area contributed by atoms with Gasteiger partial charge < -0.3 is 10.5 Å². The van der Waals surface area contributed by atoms with Crippen LogP contribution in [0.5, 0.6) is 5.75 Å². The highest BCUT2D eigenvalue weighted by Crippen LogP contribution is 2.36. The molecule has 1 aromatic rings. The Labute approximate surface area is 140 Å². The van der Waals surface area contributed by atoms with E-state index in [4.69, 9.17) is 10.5 Å². The van der Waals surface area contributed by atoms with Crippen LogP contribution in [0.3, 0.4) is 0 Å². The zero-order valence-corrected chi connectivity index (χ0v) is 15.1. The van der Waals surface area contributed by atoms with E-state index in [-0.39, 0.29) is 12.0 Å². The minimum atomic E-state index is -0.0753. The molecule has 2 rings (SSSR count). The number of nitrogens with two attached hydrogens (primary N) is 1. The lowest BCUT2D eigenvalue weighted by molar-refractivity contribution is -0.114. The number of hydrogen-bond donors (Lipinski definition) is 1. The van der Waals surface area contributed by atoms with Crippen molar-refractivity contribution in [3.63, 3.8) is 0 Å². The lowest BCUT2D eigenvalue weighted by Crippen LogP contribution is -2.33. The minimum absolute atomic E-state index is 0.0753. The van der Waals surface area contributed by atoms with Gasteiger partial charge in [0.15, 0.2) is 5.96 Å². The van der Waals surface area contributed by atoms with Crippen molar-refractivity contribution < 1.29 is 9.53 Å². The molecule has 2 N–H and O–H groups in total. The highest BCUT2D eigenvalue weighted by Gasteiger charge is 2.21. The molecular formula is C16H24BrN3O2. The van der Waals surface area contributed by atoms with Gasteiger partial charge >= 0.3 is 0 Å². The average Bonchev–Trinajstić information content (AvgIpc) is 2.46. The van der Waals surface area contributed by atoms with E-state index in [9.17, 15) is 4.79 Å². The summed E-state index contributed by atoms with van der Waals surface area (Å²) in [6, 6.07) is 5.72. The topological polar surface area (TPSA) is 67.9 Å². The van der Waals surface area contributed by atoms with Crippen LogP contribution in [0.4, 0.5) is 0 Å². The Morgan fingerprint density at radius 3 is 2.73 bits per heavy atom. The smallest absolute Gasteiger partial charge is 0.216 e. The van der Waals surface area contributed by atoms with E-state index >= 15 is 0 Å². The van der Waals surface area contributed by atoms with Crippen LogP contribution in [0.15, 0.2) is 27.7 Å². The third kappa shape index (κ3) is 5.67. The molecular weight excluding hydrogens is 346 g/mol. The SMILES string of the molecule is CC(C)C.CN(C=O)C(N)=NC1CCOc2ccc(Br)cc21. The molecule has 0 radical (unpaired) electrons. The van der Waals surface area contributed by atoms with E-state index in [1.54, 1.807) is 7.05 Å². The van der Waals surface area contributed by atoms with Crippen molar-refractivity contribution in [1.82, 2.24) is 4.90 Å². The maximum atomic E-state index is 10.6. The number of carbonyl (C=O) groups is 1. The van der Waals surface area contributed by atoms with Gasteiger partial charge in [0, 0.05) is 23.5 Å². The first-order valence-corrected chi connectivity index (χ1v) is 8.08. The molecule has 0 fully saturated rings. The minimum Gasteiger partial charge on any atom is -0.493 e. The fourth-order valence-electron chi connectivity index (χ4n) is 1.79. The fourth-order valence-corrected chi connectivity index (χ4v) is 2.16. The predicted octanol–water partition coefficient (Wildman–Crippen LogP) is 3.34. The third-order valence-corrected chi connectivity index (χ3v) is 3.28. The molecule has 0 aliphatic carbocycles. The van der Waals surface area contributed by atoms with Gasteiger partial charge in [0.05, 0.1) is 12.6 Å². The monoisotopic (exact) mass is 369 g/mol. The second-order valence-electron chi connectivity index (χ2n) is 5.77. The van der Waals surface area contributed by atoms with Crippen LogP contribution in [0.2, 0.25) is 0 Å². The molecule has 1 atom stereocenters. The molecule has 22 heavy (non-hydrogen) atoms. The van der Waals surface area contributed by atoms with E-state index in [0.29, 0.717) is 13.0 Å². The lowest BCUT2D eigenvalue weighted by atomic mass is 10.0. The van der Waals surface area contributed by atoms with Crippen LogP contribution in [0.25, 0.3) is 0 Å². The van der Waals surface area contributed by atoms with Gasteiger partial charge in [-0.25, -0.2) is 4.99 Å². The summed E-state index contributed by atoms with van der Waals surface area (Å²) in [7, 11) is 1.58. The summed E-state index contributed by atoms with van der Waals surface area (Å²) >= 11 is 3.42. The third-order valence-electron chi connectivity index (χ3n) is 2.79. The van der Waals surface area contributed by atoms with E-state index in [2.05, 4.69) is 41.7 Å². The van der Waals surface area contributed by atoms with Crippen LogP contribution in [-0.2, 0) is 4.79 Å². The molecule has 0 saturated carbocycles. The molecule has 0 bridgehead atoms. The fraction of sp³-hybridized carbons (Fsp3) is 0.500. The molecule has 0 aromatic heterocycles. The summed E-state index contributed by atoms with van der Waals surface area (Å²) < 4.78 is 6.53. The Morgan fingerprint density at radius 2 is 2.14 bits per heavy atom. The molecule has 6 heteroatoms. The van der Waals surface area contributed by atoms with E-state index in [1.807, 2.05) is 18.2 Å². The second-order valence-corrected chi connectivity index (χ2v) is 6.69. The van der Waals surface area contributed by atoms with Crippen LogP contribution in [-0.4, -0.2) is 30.9 Å². The summed E-state index contributed by atoms with van der Waals surface area (Å²) in [6.07, 6.45) is 1.39. The quantitative estimate of drug-likeness (QED) is 0.493. The van der Waals surface area contributed by atoms with Gasteiger partial charge in [-0.15, -0.1) is 0 Å². The molecule has 1 aliphatic heterocycles. The Kier molecular flexibility index (Phi) is 7.38. The number of nitrogens with zero attached hydrogens (tertiary/aromatic N) is 2. The number of benzene rings is 1. The van der Waals surface area contributed by atoms with E-state index < -0.39 is 0 Å². The summed E-state index contributed by atoms with van der Waals surface area (Å²) in [5, 5.41) is 0. The van der Waals surface area contributed by atoms with Gasteiger partial charge in [-0.1, -0.05) is 36.7 Å². The van der Waals surface area contributed by atoms with Crippen LogP contribution < -0.4 is 10.5 Å². The number of guanidine groups is 1. The summed E-state index contributed by atoms with van der Waals surface area (Å²) in [4.78, 5) is 16.3. The average molecular weight is 370 g/mol. The van der Waals surface area contributed by atoms with Crippen molar-refractivity contribution in [2.45, 2.75) is 33.2 Å². The first-order valence-electron chi connectivity index (χ1n) is 7.28. The number of ether oxygens (including phenoxy) is 1. The molecule has 1 aromatic carbocycles. The van der Waals surface area contributed by atoms with Crippen molar-refractivity contribution >= 4 is 28.3 Å². The van der Waals surface area contributed by atoms with Gasteiger partial charge in [-0.2, -0.15) is 0 Å². The lowest BCUT2D eigenvalue weighted by Gasteiger charge is -2.24. The molecule has 122 valence electrons. The molecule has 1 aliphatic rings. The first-order chi connectivity index (χ1) is 10.3. The molecule has 0 spiro atoms. The van der Waals surface area contributed by atoms with Crippen LogP contribution in [0, 0.1) is 5.92 Å². The number of hydrogen-bond acceptors (Lipinski definition) is 3. The van der Waals surface area contributed by atoms with Crippen molar-refractivity contribution in [2.24, 2.45) is 16.6 Å². The molecule has 1 unspecified atom stereocenters. The number of rotatable bonds is 2. The van der Waals surface area contributed by atoms with Crippen molar-refractivity contribution in [2.75, 3.05) is 13.7 Å². The van der Waals surface area contributed by atoms with E-state index in [0.717, 1.165) is 28.1 Å². The Hall–Kier alpha value is -1.56. The molecule has 1 amide bonds. The summed E-state index contributed by atoms with van der Waals surface area (Å²) in [5.74, 6) is 1.86. The molecule has 1 heterocycles. The Bertz CT molecular complexity index is 529. The Morgan fingerprint density at radius 1 is 1.50 bits per heavy atom. The Balaban J connectivity index is 0.000000541. The number of aliphatic imine (C=N–C) groups is 1. The van der Waals surface area contributed by atoms with Crippen LogP contribution in [0.1, 0.15) is 38.8 Å². The van der Waals surface area contributed by atoms with Gasteiger partial charge in [0.1, 0.15) is 5.75 Å². The number of carbonyl (C=O) groups excluding carboxylic acids is 1. The van der Waals surface area contributed by atoms with Crippen molar-refractivity contribution in [3.05, 3.63) is 28.2 Å². The van der Waals surface area contributed by atoms with Gasteiger partial charge in [-0.05, 0) is 24.1 Å². The summed E-state index contributed by atoms with van der Waals surface area (Å²) in [6.45, 7) is 7.10. The number of fused-ring (bicyclic) bond motifs is 1. The second kappa shape index (κ2) is 8.78. The largest absolute Gasteiger partial charge is 0.493 e. The zero-order valence-electron chi connectivity index (χ0n) is 13.5. The van der Waals surface area contributed by atoms with Crippen molar-refractivity contribution in [1.29, 1.82) is 0 Å². The summed E-state index contributed by atoms with van der Waals surface area (Å²) in [5.41, 5.74) is 6.73. The molecule has 0 saturated heterocycles. The molecule has 5 nitrogen and oxygen atoms in total. The standard InChI is InChI=1S/C12H14BrN3O2.C4H10/c1-16(7-17)12(14)15-10-4-5-18-11-3-2-8(13)6-9(10)11;1-4(2)3/h2-3,6-7,10H,4-5H2,1H3,(H2,14,15);4H,1-3H3. The van der Waals surface area contributed by atoms with Gasteiger partial charge in [0.25, 0.3) is 0 Å². The van der Waals surface area contributed by atoms with E-state index in [1.165, 1.54) is 4.90 Å². The first kappa shape index (κ1) is 18.5. The van der Waals surface area contributed by atoms with Gasteiger partial charge in [0.2, 0.25) is 6.41 Å². The normalized spacial score (nSPS) is 17.0. The maximum absolute atomic E-state index is 10.6. The zero-order chi connectivity index (χ0) is 16.7. The maximum Gasteiger partial charge on any atom is 0.216 e. The highest BCUT2D eigenvalue weighted by atomic mass is 79.9. The van der Waals surface area contributed by atoms with Crippen molar-refractivity contribution in [3.8, 4) is 5.75 Å². The number of halogens is 1. The van der Waals surface area contributed by atoms with Crippen LogP contribution >= 0.6 is 15.9 Å². The highest BCUT2D eigenvalue weighted by molar-refractivity contribution is 9.10. The van der Waals surface area contributed by atoms with Gasteiger partial charge in [-0.3, -0.25) is 9.69 Å².